The number of para-hydroxylation sites is 1. The van der Waals surface area contributed by atoms with Crippen LogP contribution in [0, 0.1) is 5.82 Å². The van der Waals surface area contributed by atoms with E-state index in [4.69, 9.17) is 14.4 Å². The number of aliphatic hydroxyl groups is 1. The van der Waals surface area contributed by atoms with E-state index in [1.807, 2.05) is 18.2 Å². The summed E-state index contributed by atoms with van der Waals surface area (Å²) in [6.07, 6.45) is 5.12. The predicted molar refractivity (Wildman–Crippen MR) is 103 cm³/mol. The number of aromatic nitrogens is 3. The van der Waals surface area contributed by atoms with Gasteiger partial charge in [0.15, 0.2) is 11.6 Å². The zero-order valence-corrected chi connectivity index (χ0v) is 15.8. The van der Waals surface area contributed by atoms with Gasteiger partial charge in [0.05, 0.1) is 0 Å². The Balaban J connectivity index is 1.27. The van der Waals surface area contributed by atoms with Crippen LogP contribution >= 0.6 is 0 Å². The summed E-state index contributed by atoms with van der Waals surface area (Å²) in [6, 6.07) is 8.97. The van der Waals surface area contributed by atoms with Gasteiger partial charge in [0.25, 0.3) is 5.89 Å². The number of halogens is 1. The van der Waals surface area contributed by atoms with E-state index in [2.05, 4.69) is 20.0 Å². The molecule has 1 fully saturated rings. The molecule has 2 aliphatic heterocycles. The largest absolute Gasteiger partial charge is 0.484 e. The molecule has 1 spiro atoms. The number of hydrogen-bond donors (Lipinski definition) is 1. The lowest BCUT2D eigenvalue weighted by atomic mass is 9.83. The zero-order valence-electron chi connectivity index (χ0n) is 15.8. The van der Waals surface area contributed by atoms with Crippen LogP contribution in [0.2, 0.25) is 0 Å². The minimum atomic E-state index is -0.295. The van der Waals surface area contributed by atoms with Crippen LogP contribution in [0.3, 0.4) is 0 Å². The molecule has 5 rings (SSSR count). The number of fused-ring (bicyclic) bond motifs is 1. The van der Waals surface area contributed by atoms with Gasteiger partial charge in [-0.15, -0.1) is 0 Å². The van der Waals surface area contributed by atoms with Gasteiger partial charge in [0.1, 0.15) is 18.0 Å². The van der Waals surface area contributed by atoms with Gasteiger partial charge in [-0.1, -0.05) is 17.3 Å². The van der Waals surface area contributed by atoms with Crippen LogP contribution in [-0.2, 0) is 13.0 Å². The van der Waals surface area contributed by atoms with Gasteiger partial charge in [0, 0.05) is 37.7 Å². The van der Waals surface area contributed by atoms with E-state index in [9.17, 15) is 4.39 Å². The molecule has 0 unspecified atom stereocenters. The molecule has 1 saturated heterocycles. The number of ether oxygens (including phenoxy) is 1. The van der Waals surface area contributed by atoms with E-state index in [1.165, 1.54) is 6.07 Å². The monoisotopic (exact) mass is 396 g/mol. The van der Waals surface area contributed by atoms with Gasteiger partial charge in [0.2, 0.25) is 5.82 Å². The highest BCUT2D eigenvalue weighted by atomic mass is 19.1. The van der Waals surface area contributed by atoms with Crippen LogP contribution in [0.15, 0.2) is 41.1 Å². The van der Waals surface area contributed by atoms with Crippen molar-refractivity contribution in [3.05, 3.63) is 53.8 Å². The summed E-state index contributed by atoms with van der Waals surface area (Å²) in [4.78, 5) is 10.8. The number of rotatable bonds is 3. The third kappa shape index (κ3) is 3.33. The Morgan fingerprint density at radius 2 is 2.00 bits per heavy atom. The van der Waals surface area contributed by atoms with Crippen molar-refractivity contribution < 1.29 is 18.8 Å². The minimum absolute atomic E-state index is 0.177. The summed E-state index contributed by atoms with van der Waals surface area (Å²) in [7, 11) is 0. The van der Waals surface area contributed by atoms with Crippen molar-refractivity contribution in [1.29, 1.82) is 0 Å². The van der Waals surface area contributed by atoms with E-state index in [0.717, 1.165) is 55.7 Å². The Kier molecular flexibility index (Phi) is 4.43. The Morgan fingerprint density at radius 1 is 1.14 bits per heavy atom. The first kappa shape index (κ1) is 18.1. The van der Waals surface area contributed by atoms with Gasteiger partial charge < -0.3 is 19.3 Å². The van der Waals surface area contributed by atoms with E-state index >= 15 is 0 Å². The molecule has 0 atom stereocenters. The number of nitrogens with zero attached hydrogens (tertiary/aromatic N) is 4. The third-order valence-corrected chi connectivity index (χ3v) is 5.83. The fourth-order valence-corrected chi connectivity index (χ4v) is 4.13. The zero-order chi connectivity index (χ0) is 19.8. The normalized spacial score (nSPS) is 17.8. The highest BCUT2D eigenvalue weighted by Gasteiger charge is 2.40. The van der Waals surface area contributed by atoms with E-state index < -0.39 is 0 Å². The Hall–Kier alpha value is -3.00. The van der Waals surface area contributed by atoms with Gasteiger partial charge in [-0.05, 0) is 36.6 Å². The molecule has 150 valence electrons. The Bertz CT molecular complexity index is 1010. The quantitative estimate of drug-likeness (QED) is 0.728. The van der Waals surface area contributed by atoms with Crippen molar-refractivity contribution in [2.75, 3.05) is 18.0 Å². The van der Waals surface area contributed by atoms with Crippen molar-refractivity contribution in [2.45, 2.75) is 37.9 Å². The van der Waals surface area contributed by atoms with Crippen LogP contribution in [0.1, 0.15) is 30.7 Å². The summed E-state index contributed by atoms with van der Waals surface area (Å²) >= 11 is 0. The Labute approximate surface area is 167 Å². The van der Waals surface area contributed by atoms with Gasteiger partial charge >= 0.3 is 0 Å². The summed E-state index contributed by atoms with van der Waals surface area (Å²) in [6.45, 7) is 1.31. The van der Waals surface area contributed by atoms with Gasteiger partial charge in [-0.25, -0.2) is 9.37 Å². The topological polar surface area (TPSA) is 84.5 Å². The molecule has 0 radical (unpaired) electrons. The van der Waals surface area contributed by atoms with Crippen molar-refractivity contribution in [3.63, 3.8) is 0 Å². The van der Waals surface area contributed by atoms with Crippen LogP contribution in [0.4, 0.5) is 10.2 Å². The average Bonchev–Trinajstić information content (AvgIpc) is 3.25. The highest BCUT2D eigenvalue weighted by molar-refractivity contribution is 5.56. The standard InChI is InChI=1S/C21H21FN4O3/c22-16-3-1-2-14-6-7-21(28-19(14)16)8-10-26(11-9-21)17-5-4-15(12-23-17)20-24-18(13-27)29-25-20/h1-5,12,27H,6-11,13H2. The second-order valence-electron chi connectivity index (χ2n) is 7.58. The van der Waals surface area contributed by atoms with E-state index in [0.29, 0.717) is 11.6 Å². The molecule has 1 N–H and O–H groups in total. The van der Waals surface area contributed by atoms with Crippen LogP contribution < -0.4 is 9.64 Å². The Morgan fingerprint density at radius 3 is 2.72 bits per heavy atom. The molecule has 0 aliphatic carbocycles. The summed E-state index contributed by atoms with van der Waals surface area (Å²) in [5.74, 6) is 1.61. The number of aryl methyl sites for hydroxylation is 1. The summed E-state index contributed by atoms with van der Waals surface area (Å²) < 4.78 is 25.3. The minimum Gasteiger partial charge on any atom is -0.484 e. The number of aliphatic hydroxyl groups excluding tert-OH is 1. The molecular weight excluding hydrogens is 375 g/mol. The summed E-state index contributed by atoms with van der Waals surface area (Å²) in [5.41, 5.74) is 1.39. The fraction of sp³-hybridized carbons (Fsp3) is 0.381. The molecule has 1 aromatic carbocycles. The summed E-state index contributed by atoms with van der Waals surface area (Å²) in [5, 5.41) is 12.9. The highest BCUT2D eigenvalue weighted by Crippen LogP contribution is 2.41. The molecule has 4 heterocycles. The van der Waals surface area contributed by atoms with Crippen molar-refractivity contribution in [1.82, 2.24) is 15.1 Å². The number of pyridine rings is 1. The maximum atomic E-state index is 14.2. The van der Waals surface area contributed by atoms with Crippen molar-refractivity contribution in [2.24, 2.45) is 0 Å². The second kappa shape index (κ2) is 7.11. The number of hydrogen-bond acceptors (Lipinski definition) is 7. The molecule has 3 aromatic rings. The fourth-order valence-electron chi connectivity index (χ4n) is 4.13. The molecule has 0 amide bonds. The smallest absolute Gasteiger partial charge is 0.252 e. The maximum absolute atomic E-state index is 14.2. The lowest BCUT2D eigenvalue weighted by molar-refractivity contribution is 0.0184. The first-order chi connectivity index (χ1) is 14.2. The third-order valence-electron chi connectivity index (χ3n) is 5.83. The van der Waals surface area contributed by atoms with Crippen molar-refractivity contribution in [3.8, 4) is 17.1 Å². The van der Waals surface area contributed by atoms with Crippen LogP contribution in [-0.4, -0.2) is 38.9 Å². The molecule has 8 heteroatoms. The second-order valence-corrected chi connectivity index (χ2v) is 7.58. The average molecular weight is 396 g/mol. The maximum Gasteiger partial charge on any atom is 0.252 e. The molecule has 0 saturated carbocycles. The lowest BCUT2D eigenvalue weighted by Crippen LogP contribution is -2.50. The molecule has 2 aliphatic rings. The molecule has 29 heavy (non-hydrogen) atoms. The van der Waals surface area contributed by atoms with Gasteiger partial charge in [-0.3, -0.25) is 0 Å². The molecule has 7 nitrogen and oxygen atoms in total. The predicted octanol–water partition coefficient (Wildman–Crippen LogP) is 3.13. The molecule has 2 aromatic heterocycles. The van der Waals surface area contributed by atoms with Crippen LogP contribution in [0.5, 0.6) is 5.75 Å². The number of anilines is 1. The SMILES string of the molecule is OCc1nc(-c2ccc(N3CCC4(CCc5cccc(F)c5O4)CC3)nc2)no1. The first-order valence-corrected chi connectivity index (χ1v) is 9.77. The number of piperidine rings is 1. The molecular formula is C21H21FN4O3. The van der Waals surface area contributed by atoms with Gasteiger partial charge in [-0.2, -0.15) is 4.98 Å². The van der Waals surface area contributed by atoms with Crippen LogP contribution in [0.25, 0.3) is 11.4 Å². The van der Waals surface area contributed by atoms with Crippen molar-refractivity contribution >= 4 is 5.82 Å². The molecule has 0 bridgehead atoms. The first-order valence-electron chi connectivity index (χ1n) is 9.77. The lowest BCUT2D eigenvalue weighted by Gasteiger charge is -2.45. The number of benzene rings is 1. The van der Waals surface area contributed by atoms with E-state index in [-0.39, 0.29) is 23.9 Å². The van der Waals surface area contributed by atoms with E-state index in [1.54, 1.807) is 12.3 Å².